The van der Waals surface area contributed by atoms with Gasteiger partial charge >= 0.3 is 0 Å². The lowest BCUT2D eigenvalue weighted by atomic mass is 9.98. The van der Waals surface area contributed by atoms with Crippen LogP contribution in [-0.2, 0) is 9.59 Å². The maximum absolute atomic E-state index is 14.2. The molecule has 0 aliphatic carbocycles. The van der Waals surface area contributed by atoms with E-state index in [1.54, 1.807) is 48.7 Å². The molecule has 0 unspecified atom stereocenters. The average molecular weight is 526 g/mol. The van der Waals surface area contributed by atoms with Gasteiger partial charge in [0.15, 0.2) is 0 Å². The maximum Gasteiger partial charge on any atom is 0.261 e. The number of halogens is 1. The molecule has 0 bridgehead atoms. The molecule has 1 heterocycles. The molecule has 2 N–H and O–H groups in total. The van der Waals surface area contributed by atoms with Crippen molar-refractivity contribution in [1.82, 2.24) is 10.6 Å². The van der Waals surface area contributed by atoms with Gasteiger partial charge in [0, 0.05) is 11.2 Å². The fourth-order valence-corrected chi connectivity index (χ4v) is 4.31. The first-order valence-electron chi connectivity index (χ1n) is 11.9. The zero-order chi connectivity index (χ0) is 27.2. The Bertz CT molecular complexity index is 1260. The number of benzene rings is 2. The van der Waals surface area contributed by atoms with Crippen molar-refractivity contribution in [1.29, 1.82) is 0 Å². The van der Waals surface area contributed by atoms with Gasteiger partial charge in [-0.25, -0.2) is 4.39 Å². The molecule has 3 rings (SSSR count). The topological polar surface area (TPSA) is 87.7 Å². The Morgan fingerprint density at radius 1 is 1.11 bits per heavy atom. The lowest BCUT2D eigenvalue weighted by Gasteiger charge is -2.35. The number of anilines is 1. The predicted molar refractivity (Wildman–Crippen MR) is 144 cm³/mol. The minimum absolute atomic E-state index is 0.316. The second kappa shape index (κ2) is 12.0. The Morgan fingerprint density at radius 2 is 1.86 bits per heavy atom. The summed E-state index contributed by atoms with van der Waals surface area (Å²) in [6.07, 6.45) is 0.657. The lowest BCUT2D eigenvalue weighted by molar-refractivity contribution is -0.127. The zero-order valence-corrected chi connectivity index (χ0v) is 22.4. The molecule has 0 saturated heterocycles. The van der Waals surface area contributed by atoms with Crippen molar-refractivity contribution in [3.8, 4) is 5.75 Å². The van der Waals surface area contributed by atoms with E-state index in [4.69, 9.17) is 4.74 Å². The van der Waals surface area contributed by atoms with Crippen LogP contribution >= 0.6 is 11.3 Å². The van der Waals surface area contributed by atoms with Crippen LogP contribution in [0.25, 0.3) is 0 Å². The van der Waals surface area contributed by atoms with Crippen LogP contribution in [0.4, 0.5) is 10.1 Å². The van der Waals surface area contributed by atoms with Gasteiger partial charge in [-0.15, -0.1) is 11.3 Å². The number of thiophene rings is 1. The van der Waals surface area contributed by atoms with Gasteiger partial charge in [0.2, 0.25) is 11.8 Å². The van der Waals surface area contributed by atoms with E-state index in [-0.39, 0.29) is 6.54 Å². The van der Waals surface area contributed by atoms with Crippen LogP contribution in [0, 0.1) is 12.7 Å². The molecule has 0 saturated carbocycles. The summed E-state index contributed by atoms with van der Waals surface area (Å²) < 4.78 is 19.5. The van der Waals surface area contributed by atoms with Gasteiger partial charge in [-0.1, -0.05) is 25.1 Å². The molecule has 2 aromatic carbocycles. The Morgan fingerprint density at radius 3 is 2.49 bits per heavy atom. The van der Waals surface area contributed by atoms with Crippen LogP contribution in [0.5, 0.6) is 5.75 Å². The van der Waals surface area contributed by atoms with Crippen molar-refractivity contribution in [2.75, 3.05) is 18.6 Å². The number of nitrogens with zero attached hydrogens (tertiary/aromatic N) is 1. The first kappa shape index (κ1) is 27.9. The molecular weight excluding hydrogens is 493 g/mol. The number of methoxy groups -OCH3 is 1. The highest BCUT2D eigenvalue weighted by Gasteiger charge is 2.35. The molecule has 1 atom stereocenters. The van der Waals surface area contributed by atoms with Crippen molar-refractivity contribution >= 4 is 34.7 Å². The minimum atomic E-state index is -1.11. The third-order valence-electron chi connectivity index (χ3n) is 6.10. The standard InChI is InChI=1S/C28H32FN3O4S/c1-6-28(3,4)31-27(35)25(19-9-7-10-21(16-19)36-5)32(20-12-13-22(29)18(2)15-20)24(33)17-30-26(34)23-11-8-14-37-23/h7-16,25H,6,17H2,1-5H3,(H,30,34)(H,31,35)/t25-/m0/s1. The van der Waals surface area contributed by atoms with Crippen molar-refractivity contribution in [3.05, 3.63) is 81.8 Å². The summed E-state index contributed by atoms with van der Waals surface area (Å²) in [5.74, 6) is -1.27. The SMILES string of the molecule is CCC(C)(C)NC(=O)[C@H](c1cccc(OC)c1)N(C(=O)CNC(=O)c1cccs1)c1ccc(F)c(C)c1. The third kappa shape index (κ3) is 6.95. The van der Waals surface area contributed by atoms with Crippen LogP contribution in [0.2, 0.25) is 0 Å². The van der Waals surface area contributed by atoms with Crippen LogP contribution in [0.15, 0.2) is 60.0 Å². The molecule has 0 aliphatic heterocycles. The summed E-state index contributed by atoms with van der Waals surface area (Å²) in [6.45, 7) is 6.96. The summed E-state index contributed by atoms with van der Waals surface area (Å²) in [5, 5.41) is 7.43. The summed E-state index contributed by atoms with van der Waals surface area (Å²) in [5.41, 5.74) is 0.599. The van der Waals surface area contributed by atoms with E-state index >= 15 is 0 Å². The third-order valence-corrected chi connectivity index (χ3v) is 6.96. The van der Waals surface area contributed by atoms with E-state index in [9.17, 15) is 18.8 Å². The molecule has 9 heteroatoms. The molecule has 3 amide bonds. The molecule has 196 valence electrons. The first-order chi connectivity index (χ1) is 17.6. The van der Waals surface area contributed by atoms with Gasteiger partial charge in [0.25, 0.3) is 5.91 Å². The molecule has 3 aromatic rings. The molecule has 0 spiro atoms. The highest BCUT2D eigenvalue weighted by atomic mass is 32.1. The molecule has 0 radical (unpaired) electrons. The number of nitrogens with one attached hydrogen (secondary N) is 2. The summed E-state index contributed by atoms with van der Waals surface area (Å²) >= 11 is 1.26. The van der Waals surface area contributed by atoms with Gasteiger partial charge < -0.3 is 15.4 Å². The largest absolute Gasteiger partial charge is 0.497 e. The van der Waals surface area contributed by atoms with Gasteiger partial charge in [-0.3, -0.25) is 19.3 Å². The number of hydrogen-bond donors (Lipinski definition) is 2. The second-order valence-electron chi connectivity index (χ2n) is 9.26. The lowest BCUT2D eigenvalue weighted by Crippen LogP contribution is -2.52. The molecule has 7 nitrogen and oxygen atoms in total. The monoisotopic (exact) mass is 525 g/mol. The number of hydrogen-bond acceptors (Lipinski definition) is 5. The van der Waals surface area contributed by atoms with Crippen LogP contribution in [-0.4, -0.2) is 36.9 Å². The van der Waals surface area contributed by atoms with Gasteiger partial charge in [-0.05, 0) is 80.1 Å². The van der Waals surface area contributed by atoms with Gasteiger partial charge in [0.05, 0.1) is 18.5 Å². The minimum Gasteiger partial charge on any atom is -0.497 e. The Kier molecular flexibility index (Phi) is 9.04. The van der Waals surface area contributed by atoms with Crippen LogP contribution in [0.3, 0.4) is 0 Å². The normalized spacial score (nSPS) is 11.9. The van der Waals surface area contributed by atoms with E-state index in [1.165, 1.54) is 41.5 Å². The van der Waals surface area contributed by atoms with E-state index in [0.29, 0.717) is 33.9 Å². The van der Waals surface area contributed by atoms with Crippen molar-refractivity contribution < 1.29 is 23.5 Å². The van der Waals surface area contributed by atoms with Crippen LogP contribution < -0.4 is 20.3 Å². The van der Waals surface area contributed by atoms with Crippen molar-refractivity contribution in [2.24, 2.45) is 0 Å². The first-order valence-corrected chi connectivity index (χ1v) is 12.8. The molecule has 1 aromatic heterocycles. The highest BCUT2D eigenvalue weighted by molar-refractivity contribution is 7.12. The van der Waals surface area contributed by atoms with Gasteiger partial charge in [0.1, 0.15) is 17.6 Å². The number of carbonyl (C=O) groups excluding carboxylic acids is 3. The zero-order valence-electron chi connectivity index (χ0n) is 21.6. The number of aryl methyl sites for hydroxylation is 1. The van der Waals surface area contributed by atoms with E-state index in [0.717, 1.165) is 0 Å². The van der Waals surface area contributed by atoms with Gasteiger partial charge in [-0.2, -0.15) is 0 Å². The summed E-state index contributed by atoms with van der Waals surface area (Å²) in [4.78, 5) is 41.8. The molecule has 37 heavy (non-hydrogen) atoms. The summed E-state index contributed by atoms with van der Waals surface area (Å²) in [6, 6.07) is 13.4. The van der Waals surface area contributed by atoms with E-state index < -0.39 is 35.1 Å². The number of rotatable bonds is 10. The molecular formula is C28H32FN3O4S. The van der Waals surface area contributed by atoms with E-state index in [2.05, 4.69) is 10.6 Å². The Hall–Kier alpha value is -3.72. The second-order valence-corrected chi connectivity index (χ2v) is 10.2. The molecule has 0 fully saturated rings. The number of carbonyl (C=O) groups is 3. The van der Waals surface area contributed by atoms with Crippen molar-refractivity contribution in [3.63, 3.8) is 0 Å². The fourth-order valence-electron chi connectivity index (χ4n) is 3.67. The fraction of sp³-hybridized carbons (Fsp3) is 0.321. The Labute approximate surface area is 220 Å². The highest BCUT2D eigenvalue weighted by Crippen LogP contribution is 2.31. The van der Waals surface area contributed by atoms with Crippen molar-refractivity contribution in [2.45, 2.75) is 45.7 Å². The average Bonchev–Trinajstić information content (AvgIpc) is 3.42. The maximum atomic E-state index is 14.2. The predicted octanol–water partition coefficient (Wildman–Crippen LogP) is 5.01. The Balaban J connectivity index is 2.08. The quantitative estimate of drug-likeness (QED) is 0.389. The summed E-state index contributed by atoms with van der Waals surface area (Å²) in [7, 11) is 1.51. The molecule has 0 aliphatic rings. The number of ether oxygens (including phenoxy) is 1. The van der Waals surface area contributed by atoms with Crippen LogP contribution in [0.1, 0.15) is 54.0 Å². The number of amides is 3. The van der Waals surface area contributed by atoms with E-state index in [1.807, 2.05) is 20.8 Å². The smallest absolute Gasteiger partial charge is 0.261 e.